The molecule has 0 amide bonds. The maximum atomic E-state index is 12.5. The standard InChI is InChI=1S/C13H16N2O3S2/c1-10-13(7-12(9-16)19-10)20(17,18)15(2)8-11-3-5-14-6-4-11/h3-7,16H,8-9H2,1-2H3. The highest BCUT2D eigenvalue weighted by molar-refractivity contribution is 7.89. The lowest BCUT2D eigenvalue weighted by molar-refractivity contribution is 0.285. The van der Waals surface area contributed by atoms with Crippen molar-refractivity contribution >= 4 is 21.4 Å². The van der Waals surface area contributed by atoms with Gasteiger partial charge in [0.1, 0.15) is 0 Å². The zero-order valence-corrected chi connectivity index (χ0v) is 12.9. The Kier molecular flexibility index (Phi) is 4.54. The molecule has 0 saturated carbocycles. The highest BCUT2D eigenvalue weighted by Gasteiger charge is 2.24. The summed E-state index contributed by atoms with van der Waals surface area (Å²) in [6.45, 7) is 1.89. The Balaban J connectivity index is 2.27. The van der Waals surface area contributed by atoms with Crippen molar-refractivity contribution in [3.63, 3.8) is 0 Å². The zero-order chi connectivity index (χ0) is 14.8. The Morgan fingerprint density at radius 3 is 2.55 bits per heavy atom. The predicted molar refractivity (Wildman–Crippen MR) is 77.9 cm³/mol. The van der Waals surface area contributed by atoms with E-state index in [4.69, 9.17) is 5.11 Å². The summed E-state index contributed by atoms with van der Waals surface area (Å²) in [5.41, 5.74) is 0.876. The lowest BCUT2D eigenvalue weighted by Crippen LogP contribution is -2.26. The summed E-state index contributed by atoms with van der Waals surface area (Å²) >= 11 is 1.30. The van der Waals surface area contributed by atoms with E-state index in [1.54, 1.807) is 44.6 Å². The van der Waals surface area contributed by atoms with Crippen LogP contribution in [0.1, 0.15) is 15.3 Å². The summed E-state index contributed by atoms with van der Waals surface area (Å²) < 4.78 is 26.3. The average Bonchev–Trinajstić information content (AvgIpc) is 2.82. The van der Waals surface area contributed by atoms with Crippen LogP contribution in [0.4, 0.5) is 0 Å². The van der Waals surface area contributed by atoms with Crippen LogP contribution in [0.15, 0.2) is 35.5 Å². The second-order valence-electron chi connectivity index (χ2n) is 4.41. The maximum Gasteiger partial charge on any atom is 0.244 e. The van der Waals surface area contributed by atoms with Crippen molar-refractivity contribution < 1.29 is 13.5 Å². The molecule has 1 N–H and O–H groups in total. The van der Waals surface area contributed by atoms with Crippen molar-refractivity contribution in [3.8, 4) is 0 Å². The van der Waals surface area contributed by atoms with Gasteiger partial charge in [0.05, 0.1) is 11.5 Å². The van der Waals surface area contributed by atoms with E-state index in [1.165, 1.54) is 15.6 Å². The molecule has 7 heteroatoms. The van der Waals surface area contributed by atoms with Crippen LogP contribution in [0.25, 0.3) is 0 Å². The molecule has 2 aromatic heterocycles. The van der Waals surface area contributed by atoms with Gasteiger partial charge in [-0.2, -0.15) is 4.31 Å². The third kappa shape index (κ3) is 3.06. The highest BCUT2D eigenvalue weighted by Crippen LogP contribution is 2.28. The molecule has 108 valence electrons. The quantitative estimate of drug-likeness (QED) is 0.913. The van der Waals surface area contributed by atoms with Crippen LogP contribution in [-0.4, -0.2) is 29.9 Å². The van der Waals surface area contributed by atoms with E-state index in [-0.39, 0.29) is 18.0 Å². The molecule has 0 aliphatic heterocycles. The number of rotatable bonds is 5. The number of aliphatic hydroxyl groups excluding tert-OH is 1. The van der Waals surface area contributed by atoms with Gasteiger partial charge in [-0.3, -0.25) is 4.98 Å². The van der Waals surface area contributed by atoms with Gasteiger partial charge in [0, 0.05) is 35.7 Å². The van der Waals surface area contributed by atoms with Crippen molar-refractivity contribution in [1.82, 2.24) is 9.29 Å². The number of thiophene rings is 1. The number of sulfonamides is 1. The molecular formula is C13H16N2O3S2. The minimum atomic E-state index is -3.54. The molecule has 2 heterocycles. The van der Waals surface area contributed by atoms with Crippen molar-refractivity contribution in [2.24, 2.45) is 0 Å². The molecule has 0 bridgehead atoms. The number of hydrogen-bond donors (Lipinski definition) is 1. The first kappa shape index (κ1) is 15.1. The Labute approximate surface area is 122 Å². The van der Waals surface area contributed by atoms with Crippen LogP contribution in [0.3, 0.4) is 0 Å². The van der Waals surface area contributed by atoms with E-state index in [2.05, 4.69) is 4.98 Å². The maximum absolute atomic E-state index is 12.5. The molecule has 2 rings (SSSR count). The molecule has 0 saturated heterocycles. The number of pyridine rings is 1. The van der Waals surface area contributed by atoms with Gasteiger partial charge in [-0.15, -0.1) is 11.3 Å². The van der Waals surface area contributed by atoms with Crippen molar-refractivity contribution in [2.45, 2.75) is 25.0 Å². The predicted octanol–water partition coefficient (Wildman–Crippen LogP) is 1.76. The van der Waals surface area contributed by atoms with Crippen LogP contribution in [0.5, 0.6) is 0 Å². The summed E-state index contributed by atoms with van der Waals surface area (Å²) in [5, 5.41) is 9.11. The van der Waals surface area contributed by atoms with Crippen molar-refractivity contribution in [3.05, 3.63) is 45.9 Å². The molecule has 0 atom stereocenters. The van der Waals surface area contributed by atoms with E-state index in [0.29, 0.717) is 9.75 Å². The Bertz CT molecular complexity index is 681. The van der Waals surface area contributed by atoms with Gasteiger partial charge in [-0.25, -0.2) is 8.42 Å². The molecular weight excluding hydrogens is 296 g/mol. The van der Waals surface area contributed by atoms with E-state index < -0.39 is 10.0 Å². The van der Waals surface area contributed by atoms with E-state index in [0.717, 1.165) is 5.56 Å². The summed E-state index contributed by atoms with van der Waals surface area (Å²) in [6.07, 6.45) is 3.27. The summed E-state index contributed by atoms with van der Waals surface area (Å²) in [5.74, 6) is 0. The van der Waals surface area contributed by atoms with Crippen LogP contribution in [-0.2, 0) is 23.2 Å². The molecule has 0 aromatic carbocycles. The van der Waals surface area contributed by atoms with Crippen molar-refractivity contribution in [2.75, 3.05) is 7.05 Å². The van der Waals surface area contributed by atoms with Crippen molar-refractivity contribution in [1.29, 1.82) is 0 Å². The average molecular weight is 312 g/mol. The van der Waals surface area contributed by atoms with Crippen LogP contribution in [0.2, 0.25) is 0 Å². The van der Waals surface area contributed by atoms with E-state index in [1.807, 2.05) is 0 Å². The van der Waals surface area contributed by atoms with Gasteiger partial charge in [0.15, 0.2) is 0 Å². The monoisotopic (exact) mass is 312 g/mol. The number of aromatic nitrogens is 1. The molecule has 2 aromatic rings. The van der Waals surface area contributed by atoms with Crippen LogP contribution < -0.4 is 0 Å². The molecule has 0 radical (unpaired) electrons. The molecule has 0 aliphatic rings. The molecule has 0 fully saturated rings. The molecule has 0 unspecified atom stereocenters. The Hall–Kier alpha value is -1.28. The normalized spacial score (nSPS) is 12.0. The lowest BCUT2D eigenvalue weighted by Gasteiger charge is -2.17. The number of nitrogens with zero attached hydrogens (tertiary/aromatic N) is 2. The Morgan fingerprint density at radius 2 is 2.00 bits per heavy atom. The van der Waals surface area contributed by atoms with E-state index >= 15 is 0 Å². The van der Waals surface area contributed by atoms with Crippen LogP contribution >= 0.6 is 11.3 Å². The minimum Gasteiger partial charge on any atom is -0.391 e. The van der Waals surface area contributed by atoms with Gasteiger partial charge in [0.2, 0.25) is 10.0 Å². The fourth-order valence-electron chi connectivity index (χ4n) is 1.86. The minimum absolute atomic E-state index is 0.144. The molecule has 20 heavy (non-hydrogen) atoms. The third-order valence-corrected chi connectivity index (χ3v) is 6.02. The van der Waals surface area contributed by atoms with Gasteiger partial charge in [-0.1, -0.05) is 0 Å². The summed E-state index contributed by atoms with van der Waals surface area (Å²) in [7, 11) is -2.00. The lowest BCUT2D eigenvalue weighted by atomic mass is 10.3. The third-order valence-electron chi connectivity index (χ3n) is 2.92. The summed E-state index contributed by atoms with van der Waals surface area (Å²) in [4.78, 5) is 5.52. The first-order chi connectivity index (χ1) is 9.45. The fraction of sp³-hybridized carbons (Fsp3) is 0.308. The SMILES string of the molecule is Cc1sc(CO)cc1S(=O)(=O)N(C)Cc1ccncc1. The van der Waals surface area contributed by atoms with Gasteiger partial charge in [-0.05, 0) is 30.7 Å². The largest absolute Gasteiger partial charge is 0.391 e. The van der Waals surface area contributed by atoms with Gasteiger partial charge < -0.3 is 5.11 Å². The summed E-state index contributed by atoms with van der Waals surface area (Å²) in [6, 6.07) is 5.11. The van der Waals surface area contributed by atoms with Gasteiger partial charge in [0.25, 0.3) is 0 Å². The second-order valence-corrected chi connectivity index (χ2v) is 7.76. The molecule has 5 nitrogen and oxygen atoms in total. The fourth-order valence-corrected chi connectivity index (χ4v) is 4.48. The zero-order valence-electron chi connectivity index (χ0n) is 11.3. The number of aliphatic hydroxyl groups is 1. The van der Waals surface area contributed by atoms with Gasteiger partial charge >= 0.3 is 0 Å². The van der Waals surface area contributed by atoms with Crippen LogP contribution in [0, 0.1) is 6.92 Å². The molecule has 0 aliphatic carbocycles. The first-order valence-corrected chi connectivity index (χ1v) is 8.26. The number of aryl methyl sites for hydroxylation is 1. The number of hydrogen-bond acceptors (Lipinski definition) is 5. The highest BCUT2D eigenvalue weighted by atomic mass is 32.2. The van der Waals surface area contributed by atoms with E-state index in [9.17, 15) is 8.42 Å². The molecule has 0 spiro atoms. The smallest absolute Gasteiger partial charge is 0.244 e. The topological polar surface area (TPSA) is 70.5 Å². The first-order valence-electron chi connectivity index (χ1n) is 6.00. The second kappa shape index (κ2) is 6.01. The Morgan fingerprint density at radius 1 is 1.35 bits per heavy atom.